The van der Waals surface area contributed by atoms with Gasteiger partial charge in [-0.25, -0.2) is 0 Å². The molecule has 3 rings (SSSR count). The molecule has 0 unspecified atom stereocenters. The standard InChI is InChI=1S/C17H24N4O.HI/c1-18-17(20-10-4-5-11-20)19-13-16(22)21-12-6-8-14-7-2-3-9-15(14)21;/h2-3,7,9H,4-6,8,10-13H2,1H3,(H,18,19);1H. The monoisotopic (exact) mass is 428 g/mol. The van der Waals surface area contributed by atoms with Gasteiger partial charge in [-0.3, -0.25) is 9.79 Å². The van der Waals surface area contributed by atoms with E-state index in [1.165, 1.54) is 18.4 Å². The maximum atomic E-state index is 12.6. The lowest BCUT2D eigenvalue weighted by molar-refractivity contribution is -0.117. The maximum absolute atomic E-state index is 12.6. The number of likely N-dealkylation sites (tertiary alicyclic amines) is 1. The fourth-order valence-electron chi connectivity index (χ4n) is 3.30. The molecule has 0 spiro atoms. The van der Waals surface area contributed by atoms with E-state index in [0.717, 1.165) is 44.1 Å². The number of fused-ring (bicyclic) bond motifs is 1. The number of amides is 1. The number of carbonyl (C=O) groups excluding carboxylic acids is 1. The molecule has 1 aromatic rings. The maximum Gasteiger partial charge on any atom is 0.246 e. The summed E-state index contributed by atoms with van der Waals surface area (Å²) in [5.74, 6) is 0.962. The van der Waals surface area contributed by atoms with Gasteiger partial charge >= 0.3 is 0 Å². The number of carbonyl (C=O) groups is 1. The fraction of sp³-hybridized carbons (Fsp3) is 0.529. The molecular formula is C17H25IN4O. The Morgan fingerprint density at radius 1 is 1.17 bits per heavy atom. The van der Waals surface area contributed by atoms with Crippen LogP contribution in [0.25, 0.3) is 0 Å². The zero-order chi connectivity index (χ0) is 15.4. The van der Waals surface area contributed by atoms with Gasteiger partial charge < -0.3 is 15.1 Å². The number of hydrogen-bond donors (Lipinski definition) is 1. The van der Waals surface area contributed by atoms with Crippen molar-refractivity contribution in [1.29, 1.82) is 0 Å². The number of guanidine groups is 1. The van der Waals surface area contributed by atoms with E-state index in [0.29, 0.717) is 6.54 Å². The third kappa shape index (κ3) is 4.16. The predicted molar refractivity (Wildman–Crippen MR) is 105 cm³/mol. The molecule has 1 fully saturated rings. The molecule has 0 aliphatic carbocycles. The van der Waals surface area contributed by atoms with Gasteiger partial charge in [0.05, 0.1) is 6.54 Å². The third-order valence-corrected chi connectivity index (χ3v) is 4.43. The SMILES string of the molecule is CN=C(NCC(=O)N1CCCc2ccccc21)N1CCCC1.I. The first-order valence-corrected chi connectivity index (χ1v) is 8.13. The van der Waals surface area contributed by atoms with Crippen molar-refractivity contribution in [2.24, 2.45) is 4.99 Å². The molecule has 2 heterocycles. The van der Waals surface area contributed by atoms with Crippen LogP contribution in [-0.4, -0.2) is 50.0 Å². The van der Waals surface area contributed by atoms with Crippen LogP contribution in [0.2, 0.25) is 0 Å². The Bertz CT molecular complexity index is 569. The van der Waals surface area contributed by atoms with Crippen LogP contribution < -0.4 is 10.2 Å². The lowest BCUT2D eigenvalue weighted by Gasteiger charge is -2.30. The molecular weight excluding hydrogens is 403 g/mol. The van der Waals surface area contributed by atoms with Gasteiger partial charge in [0.2, 0.25) is 5.91 Å². The van der Waals surface area contributed by atoms with Crippen LogP contribution in [0.3, 0.4) is 0 Å². The quantitative estimate of drug-likeness (QED) is 0.447. The van der Waals surface area contributed by atoms with Crippen LogP contribution in [0.1, 0.15) is 24.8 Å². The van der Waals surface area contributed by atoms with Gasteiger partial charge in [0.15, 0.2) is 5.96 Å². The van der Waals surface area contributed by atoms with Gasteiger partial charge in [0.25, 0.3) is 0 Å². The second-order valence-electron chi connectivity index (χ2n) is 5.87. The Hall–Kier alpha value is -1.31. The highest BCUT2D eigenvalue weighted by atomic mass is 127. The van der Waals surface area contributed by atoms with E-state index in [1.54, 1.807) is 7.05 Å². The number of halogens is 1. The molecule has 0 aromatic heterocycles. The Labute approximate surface area is 155 Å². The molecule has 1 aromatic carbocycles. The van der Waals surface area contributed by atoms with Crippen molar-refractivity contribution in [2.45, 2.75) is 25.7 Å². The minimum absolute atomic E-state index is 0. The summed E-state index contributed by atoms with van der Waals surface area (Å²) < 4.78 is 0. The van der Waals surface area contributed by atoms with Crippen LogP contribution in [0.15, 0.2) is 29.3 Å². The molecule has 2 aliphatic heterocycles. The lowest BCUT2D eigenvalue weighted by Crippen LogP contribution is -2.46. The van der Waals surface area contributed by atoms with Crippen molar-refractivity contribution < 1.29 is 4.79 Å². The summed E-state index contributed by atoms with van der Waals surface area (Å²) in [6, 6.07) is 8.20. The molecule has 2 aliphatic rings. The van der Waals surface area contributed by atoms with Crippen LogP contribution in [0.4, 0.5) is 5.69 Å². The van der Waals surface area contributed by atoms with Crippen molar-refractivity contribution in [1.82, 2.24) is 10.2 Å². The molecule has 5 nitrogen and oxygen atoms in total. The number of aliphatic imine (C=N–C) groups is 1. The molecule has 126 valence electrons. The minimum Gasteiger partial charge on any atom is -0.347 e. The van der Waals surface area contributed by atoms with Crippen molar-refractivity contribution >= 4 is 41.5 Å². The summed E-state index contributed by atoms with van der Waals surface area (Å²) >= 11 is 0. The predicted octanol–water partition coefficient (Wildman–Crippen LogP) is 2.26. The number of anilines is 1. The Balaban J connectivity index is 0.00000192. The molecule has 0 atom stereocenters. The summed E-state index contributed by atoms with van der Waals surface area (Å²) in [7, 11) is 1.78. The highest BCUT2D eigenvalue weighted by Crippen LogP contribution is 2.26. The molecule has 0 radical (unpaired) electrons. The molecule has 0 saturated carbocycles. The van der Waals surface area contributed by atoms with E-state index in [1.807, 2.05) is 23.1 Å². The van der Waals surface area contributed by atoms with Gasteiger partial charge in [0.1, 0.15) is 0 Å². The number of rotatable bonds is 2. The lowest BCUT2D eigenvalue weighted by atomic mass is 10.0. The Morgan fingerprint density at radius 3 is 2.65 bits per heavy atom. The van der Waals surface area contributed by atoms with Crippen molar-refractivity contribution in [3.63, 3.8) is 0 Å². The highest BCUT2D eigenvalue weighted by molar-refractivity contribution is 14.0. The van der Waals surface area contributed by atoms with Crippen LogP contribution >= 0.6 is 24.0 Å². The highest BCUT2D eigenvalue weighted by Gasteiger charge is 2.23. The molecule has 23 heavy (non-hydrogen) atoms. The Kier molecular flexibility index (Phi) is 6.68. The van der Waals surface area contributed by atoms with Crippen LogP contribution in [-0.2, 0) is 11.2 Å². The number of hydrogen-bond acceptors (Lipinski definition) is 2. The summed E-state index contributed by atoms with van der Waals surface area (Å²) in [5.41, 5.74) is 2.34. The van der Waals surface area contributed by atoms with Crippen LogP contribution in [0.5, 0.6) is 0 Å². The van der Waals surface area contributed by atoms with Gasteiger partial charge in [-0.1, -0.05) is 18.2 Å². The largest absolute Gasteiger partial charge is 0.347 e. The average Bonchev–Trinajstić information content (AvgIpc) is 3.09. The third-order valence-electron chi connectivity index (χ3n) is 4.43. The van der Waals surface area contributed by atoms with Crippen molar-refractivity contribution in [3.05, 3.63) is 29.8 Å². The number of para-hydroxylation sites is 1. The molecule has 1 amide bonds. The molecule has 6 heteroatoms. The number of nitrogens with one attached hydrogen (secondary N) is 1. The van der Waals surface area contributed by atoms with Gasteiger partial charge in [-0.2, -0.15) is 0 Å². The van der Waals surface area contributed by atoms with Crippen LogP contribution in [0, 0.1) is 0 Å². The second-order valence-corrected chi connectivity index (χ2v) is 5.87. The molecule has 1 saturated heterocycles. The summed E-state index contributed by atoms with van der Waals surface area (Å²) in [5, 5.41) is 3.22. The fourth-order valence-corrected chi connectivity index (χ4v) is 3.30. The Morgan fingerprint density at radius 2 is 1.91 bits per heavy atom. The smallest absolute Gasteiger partial charge is 0.246 e. The summed E-state index contributed by atoms with van der Waals surface area (Å²) in [6.45, 7) is 3.16. The van der Waals surface area contributed by atoms with Gasteiger partial charge in [-0.15, -0.1) is 24.0 Å². The van der Waals surface area contributed by atoms with E-state index in [4.69, 9.17) is 0 Å². The van der Waals surface area contributed by atoms with Crippen molar-refractivity contribution in [3.8, 4) is 0 Å². The minimum atomic E-state index is 0. The first-order valence-electron chi connectivity index (χ1n) is 8.13. The number of aryl methyl sites for hydroxylation is 1. The van der Waals surface area contributed by atoms with Gasteiger partial charge in [-0.05, 0) is 37.3 Å². The average molecular weight is 428 g/mol. The van der Waals surface area contributed by atoms with E-state index in [-0.39, 0.29) is 29.9 Å². The normalized spacial score (nSPS) is 17.5. The molecule has 1 N–H and O–H groups in total. The topological polar surface area (TPSA) is 47.9 Å². The molecule has 0 bridgehead atoms. The van der Waals surface area contributed by atoms with E-state index >= 15 is 0 Å². The second kappa shape index (κ2) is 8.52. The van der Waals surface area contributed by atoms with E-state index in [2.05, 4.69) is 21.3 Å². The van der Waals surface area contributed by atoms with Crippen molar-refractivity contribution in [2.75, 3.05) is 38.1 Å². The van der Waals surface area contributed by atoms with Gasteiger partial charge in [0, 0.05) is 32.4 Å². The zero-order valence-electron chi connectivity index (χ0n) is 13.6. The number of nitrogens with zero attached hydrogens (tertiary/aromatic N) is 3. The zero-order valence-corrected chi connectivity index (χ0v) is 16.0. The summed E-state index contributed by atoms with van der Waals surface area (Å²) in [4.78, 5) is 21.0. The summed E-state index contributed by atoms with van der Waals surface area (Å²) in [6.07, 6.45) is 4.49. The van der Waals surface area contributed by atoms with E-state index in [9.17, 15) is 4.79 Å². The first-order chi connectivity index (χ1) is 10.8. The first kappa shape index (κ1) is 18.0. The van der Waals surface area contributed by atoms with E-state index < -0.39 is 0 Å². The number of benzene rings is 1.